The predicted molar refractivity (Wildman–Crippen MR) is 89.5 cm³/mol. The number of aryl methyl sites for hydroxylation is 1. The minimum absolute atomic E-state index is 0.111. The minimum atomic E-state index is -0.111. The van der Waals surface area contributed by atoms with Crippen molar-refractivity contribution in [1.29, 1.82) is 0 Å². The van der Waals surface area contributed by atoms with E-state index in [2.05, 4.69) is 32.5 Å². The van der Waals surface area contributed by atoms with Crippen LogP contribution in [0.5, 0.6) is 0 Å². The first-order valence-corrected chi connectivity index (χ1v) is 6.92. The molecule has 3 N–H and O–H groups in total. The van der Waals surface area contributed by atoms with Crippen molar-refractivity contribution in [2.24, 2.45) is 0 Å². The van der Waals surface area contributed by atoms with Crippen molar-refractivity contribution in [2.75, 3.05) is 22.5 Å². The molecule has 0 atom stereocenters. The molecular formula is C16H19N5O. The Morgan fingerprint density at radius 1 is 1.27 bits per heavy atom. The lowest BCUT2D eigenvalue weighted by Crippen LogP contribution is -2.07. The van der Waals surface area contributed by atoms with E-state index in [1.54, 1.807) is 6.08 Å². The zero-order valence-electron chi connectivity index (χ0n) is 12.7. The maximum atomic E-state index is 11.1. The summed E-state index contributed by atoms with van der Waals surface area (Å²) in [5.74, 6) is 1.11. The molecule has 0 aliphatic heterocycles. The van der Waals surface area contributed by atoms with E-state index in [4.69, 9.17) is 0 Å². The maximum absolute atomic E-state index is 11.1. The van der Waals surface area contributed by atoms with E-state index in [1.807, 2.05) is 37.3 Å². The smallest absolute Gasteiger partial charge is 0.229 e. The largest absolute Gasteiger partial charge is 0.366 e. The van der Waals surface area contributed by atoms with Gasteiger partial charge >= 0.3 is 0 Å². The van der Waals surface area contributed by atoms with Crippen LogP contribution in [0.15, 0.2) is 43.0 Å². The molecule has 0 fully saturated rings. The van der Waals surface area contributed by atoms with E-state index in [9.17, 15) is 4.79 Å². The van der Waals surface area contributed by atoms with E-state index in [0.29, 0.717) is 12.5 Å². The van der Waals surface area contributed by atoms with Gasteiger partial charge in [0.2, 0.25) is 11.9 Å². The lowest BCUT2D eigenvalue weighted by Gasteiger charge is -2.10. The van der Waals surface area contributed by atoms with Crippen molar-refractivity contribution in [3.05, 3.63) is 48.7 Å². The van der Waals surface area contributed by atoms with Crippen molar-refractivity contribution in [2.45, 2.75) is 13.8 Å². The number of anilines is 4. The Balaban J connectivity index is 2.17. The van der Waals surface area contributed by atoms with Gasteiger partial charge in [-0.1, -0.05) is 12.1 Å². The Kier molecular flexibility index (Phi) is 5.08. The molecular weight excluding hydrogens is 278 g/mol. The molecule has 1 aromatic carbocycles. The molecule has 0 saturated heterocycles. The monoisotopic (exact) mass is 297 g/mol. The summed E-state index contributed by atoms with van der Waals surface area (Å²) >= 11 is 0. The summed E-state index contributed by atoms with van der Waals surface area (Å²) < 4.78 is 0. The van der Waals surface area contributed by atoms with Crippen molar-refractivity contribution >= 4 is 29.0 Å². The van der Waals surface area contributed by atoms with Gasteiger partial charge in [0.15, 0.2) is 0 Å². The number of hydrogen-bond acceptors (Lipinski definition) is 5. The van der Waals surface area contributed by atoms with Crippen LogP contribution in [-0.4, -0.2) is 22.4 Å². The molecule has 6 heteroatoms. The highest BCUT2D eigenvalue weighted by Gasteiger charge is 2.03. The maximum Gasteiger partial charge on any atom is 0.229 e. The summed E-state index contributed by atoms with van der Waals surface area (Å²) in [5, 5.41) is 9.01. The lowest BCUT2D eigenvalue weighted by atomic mass is 10.2. The Morgan fingerprint density at radius 3 is 2.77 bits per heavy atom. The molecule has 0 radical (unpaired) electrons. The number of rotatable bonds is 6. The normalized spacial score (nSPS) is 9.91. The van der Waals surface area contributed by atoms with Crippen LogP contribution in [0.3, 0.4) is 0 Å². The first-order chi connectivity index (χ1) is 10.6. The van der Waals surface area contributed by atoms with Gasteiger partial charge in [0.25, 0.3) is 0 Å². The molecule has 0 aliphatic carbocycles. The third-order valence-corrected chi connectivity index (χ3v) is 2.72. The zero-order valence-corrected chi connectivity index (χ0v) is 12.7. The molecule has 2 aromatic rings. The van der Waals surface area contributed by atoms with Crippen LogP contribution in [0.1, 0.15) is 12.6 Å². The molecule has 0 spiro atoms. The van der Waals surface area contributed by atoms with Crippen LogP contribution in [0.4, 0.5) is 23.1 Å². The molecule has 1 aromatic heterocycles. The fourth-order valence-electron chi connectivity index (χ4n) is 1.90. The minimum Gasteiger partial charge on any atom is -0.366 e. The van der Waals surface area contributed by atoms with Crippen LogP contribution in [0, 0.1) is 6.92 Å². The number of carbonyl (C=O) groups excluding carboxylic acids is 1. The number of nitrogens with one attached hydrogen (secondary N) is 3. The molecule has 114 valence electrons. The third kappa shape index (κ3) is 4.59. The van der Waals surface area contributed by atoms with E-state index in [1.165, 1.54) is 6.92 Å². The number of aromatic nitrogens is 2. The first kappa shape index (κ1) is 15.5. The van der Waals surface area contributed by atoms with Gasteiger partial charge in [-0.15, -0.1) is 6.58 Å². The van der Waals surface area contributed by atoms with Gasteiger partial charge in [0.1, 0.15) is 5.82 Å². The Morgan fingerprint density at radius 2 is 2.05 bits per heavy atom. The van der Waals surface area contributed by atoms with Gasteiger partial charge in [0, 0.05) is 36.6 Å². The van der Waals surface area contributed by atoms with Crippen LogP contribution in [0.2, 0.25) is 0 Å². The standard InChI is InChI=1S/C16H19N5O/c1-4-8-17-15-9-11(2)18-16(21-15)20-14-7-5-6-13(10-14)19-12(3)22/h4-7,9-10H,1,8H2,2-3H3,(H,19,22)(H2,17,18,20,21). The summed E-state index contributed by atoms with van der Waals surface area (Å²) in [4.78, 5) is 19.8. The molecule has 6 nitrogen and oxygen atoms in total. The molecule has 0 bridgehead atoms. The predicted octanol–water partition coefficient (Wildman–Crippen LogP) is 3.08. The highest BCUT2D eigenvalue weighted by atomic mass is 16.1. The quantitative estimate of drug-likeness (QED) is 0.714. The molecule has 2 rings (SSSR count). The van der Waals surface area contributed by atoms with Crippen LogP contribution < -0.4 is 16.0 Å². The van der Waals surface area contributed by atoms with Gasteiger partial charge in [-0.3, -0.25) is 4.79 Å². The summed E-state index contributed by atoms with van der Waals surface area (Å²) in [7, 11) is 0. The van der Waals surface area contributed by atoms with Crippen LogP contribution in [0.25, 0.3) is 0 Å². The van der Waals surface area contributed by atoms with Crippen LogP contribution >= 0.6 is 0 Å². The summed E-state index contributed by atoms with van der Waals surface area (Å²) in [6.07, 6.45) is 1.77. The second kappa shape index (κ2) is 7.21. The average molecular weight is 297 g/mol. The molecule has 1 heterocycles. The van der Waals surface area contributed by atoms with Gasteiger partial charge in [-0.25, -0.2) is 4.98 Å². The van der Waals surface area contributed by atoms with Gasteiger partial charge in [-0.2, -0.15) is 4.98 Å². The Hall–Kier alpha value is -2.89. The fraction of sp³-hybridized carbons (Fsp3) is 0.188. The fourth-order valence-corrected chi connectivity index (χ4v) is 1.90. The topological polar surface area (TPSA) is 78.9 Å². The SMILES string of the molecule is C=CCNc1cc(C)nc(Nc2cccc(NC(C)=O)c2)n1. The molecule has 1 amide bonds. The first-order valence-electron chi connectivity index (χ1n) is 6.92. The molecule has 0 aliphatic rings. The number of carbonyl (C=O) groups is 1. The summed E-state index contributed by atoms with van der Waals surface area (Å²) in [5.41, 5.74) is 2.36. The van der Waals surface area contributed by atoms with E-state index >= 15 is 0 Å². The van der Waals surface area contributed by atoms with Crippen LogP contribution in [-0.2, 0) is 4.79 Å². The Bertz CT molecular complexity index is 684. The van der Waals surface area contributed by atoms with E-state index < -0.39 is 0 Å². The second-order valence-corrected chi connectivity index (χ2v) is 4.77. The van der Waals surface area contributed by atoms with E-state index in [0.717, 1.165) is 22.9 Å². The average Bonchev–Trinajstić information content (AvgIpc) is 2.44. The highest BCUT2D eigenvalue weighted by molar-refractivity contribution is 5.89. The van der Waals surface area contributed by atoms with Crippen molar-refractivity contribution in [3.63, 3.8) is 0 Å². The van der Waals surface area contributed by atoms with Crippen molar-refractivity contribution in [1.82, 2.24) is 9.97 Å². The molecule has 0 unspecified atom stereocenters. The highest BCUT2D eigenvalue weighted by Crippen LogP contribution is 2.19. The Labute approximate surface area is 129 Å². The molecule has 22 heavy (non-hydrogen) atoms. The van der Waals surface area contributed by atoms with Gasteiger partial charge < -0.3 is 16.0 Å². The summed E-state index contributed by atoms with van der Waals surface area (Å²) in [6.45, 7) is 7.67. The number of amides is 1. The summed E-state index contributed by atoms with van der Waals surface area (Å²) in [6, 6.07) is 9.24. The number of benzene rings is 1. The number of nitrogens with zero attached hydrogens (tertiary/aromatic N) is 2. The van der Waals surface area contributed by atoms with Crippen molar-refractivity contribution in [3.8, 4) is 0 Å². The van der Waals surface area contributed by atoms with Gasteiger partial charge in [0.05, 0.1) is 0 Å². The second-order valence-electron chi connectivity index (χ2n) is 4.77. The van der Waals surface area contributed by atoms with Crippen molar-refractivity contribution < 1.29 is 4.79 Å². The third-order valence-electron chi connectivity index (χ3n) is 2.72. The van der Waals surface area contributed by atoms with Gasteiger partial charge in [-0.05, 0) is 25.1 Å². The lowest BCUT2D eigenvalue weighted by molar-refractivity contribution is -0.114. The zero-order chi connectivity index (χ0) is 15.9. The number of hydrogen-bond donors (Lipinski definition) is 3. The molecule has 0 saturated carbocycles. The van der Waals surface area contributed by atoms with E-state index in [-0.39, 0.29) is 5.91 Å².